The second-order valence-corrected chi connectivity index (χ2v) is 4.48. The lowest BCUT2D eigenvalue weighted by Gasteiger charge is -2.10. The Bertz CT molecular complexity index is 608. The van der Waals surface area contributed by atoms with Crippen LogP contribution in [0.5, 0.6) is 11.5 Å². The van der Waals surface area contributed by atoms with Crippen LogP contribution < -0.4 is 4.74 Å². The zero-order valence-corrected chi connectivity index (χ0v) is 13.0. The number of benzene rings is 1. The number of rotatable bonds is 8. The van der Waals surface area contributed by atoms with E-state index >= 15 is 0 Å². The summed E-state index contributed by atoms with van der Waals surface area (Å²) in [6.45, 7) is 1.56. The summed E-state index contributed by atoms with van der Waals surface area (Å²) in [5, 5.41) is 18.9. The monoisotopic (exact) mass is 338 g/mol. The first-order chi connectivity index (χ1) is 11.4. The number of hydrogen-bond acceptors (Lipinski definition) is 8. The van der Waals surface area contributed by atoms with Crippen LogP contribution in [0.15, 0.2) is 36.4 Å². The lowest BCUT2D eigenvalue weighted by molar-refractivity contribution is -0.147. The van der Waals surface area contributed by atoms with Gasteiger partial charge in [-0.25, -0.2) is 14.4 Å². The van der Waals surface area contributed by atoms with Crippen LogP contribution in [0.2, 0.25) is 0 Å². The van der Waals surface area contributed by atoms with E-state index in [2.05, 4.69) is 4.74 Å². The smallest absolute Gasteiger partial charge is 0.340 e. The molecule has 0 saturated carbocycles. The van der Waals surface area contributed by atoms with Crippen molar-refractivity contribution in [3.8, 4) is 11.5 Å². The van der Waals surface area contributed by atoms with E-state index in [-0.39, 0.29) is 31.1 Å². The summed E-state index contributed by atoms with van der Waals surface area (Å²) in [6, 6.07) is 5.52. The Morgan fingerprint density at radius 3 is 2.46 bits per heavy atom. The SMILES string of the molecule is CCOC(=O)/C=C\C(=O)OCCC(O)C(=O)Oc1cccc(O)c1. The van der Waals surface area contributed by atoms with E-state index < -0.39 is 24.0 Å². The van der Waals surface area contributed by atoms with E-state index in [0.717, 1.165) is 12.2 Å². The van der Waals surface area contributed by atoms with E-state index in [1.165, 1.54) is 24.3 Å². The fourth-order valence-corrected chi connectivity index (χ4v) is 1.49. The van der Waals surface area contributed by atoms with Crippen molar-refractivity contribution in [1.29, 1.82) is 0 Å². The number of phenolic OH excluding ortho intramolecular Hbond substituents is 1. The van der Waals surface area contributed by atoms with Crippen LogP contribution in [0, 0.1) is 0 Å². The largest absolute Gasteiger partial charge is 0.508 e. The number of phenols is 1. The summed E-state index contributed by atoms with van der Waals surface area (Å²) in [4.78, 5) is 33.9. The lowest BCUT2D eigenvalue weighted by Crippen LogP contribution is -2.27. The molecule has 1 aromatic carbocycles. The van der Waals surface area contributed by atoms with Gasteiger partial charge in [0.05, 0.1) is 13.2 Å². The molecule has 0 spiro atoms. The number of carbonyl (C=O) groups is 3. The lowest BCUT2D eigenvalue weighted by atomic mass is 10.2. The highest BCUT2D eigenvalue weighted by molar-refractivity contribution is 5.91. The predicted octanol–water partition coefficient (Wildman–Crippen LogP) is 0.711. The van der Waals surface area contributed by atoms with E-state index in [0.29, 0.717) is 0 Å². The number of ether oxygens (including phenoxy) is 3. The summed E-state index contributed by atoms with van der Waals surface area (Å²) in [5.74, 6) is -2.44. The second-order valence-electron chi connectivity index (χ2n) is 4.48. The van der Waals surface area contributed by atoms with Crippen LogP contribution in [0.1, 0.15) is 13.3 Å². The Kier molecular flexibility index (Phi) is 8.00. The van der Waals surface area contributed by atoms with Crippen molar-refractivity contribution in [3.05, 3.63) is 36.4 Å². The fourth-order valence-electron chi connectivity index (χ4n) is 1.49. The minimum absolute atomic E-state index is 0.0772. The first-order valence-corrected chi connectivity index (χ1v) is 7.12. The van der Waals surface area contributed by atoms with Crippen molar-refractivity contribution in [3.63, 3.8) is 0 Å². The maximum Gasteiger partial charge on any atom is 0.340 e. The molecule has 8 nitrogen and oxygen atoms in total. The van der Waals surface area contributed by atoms with Crippen molar-refractivity contribution >= 4 is 17.9 Å². The Balaban J connectivity index is 2.32. The van der Waals surface area contributed by atoms with Gasteiger partial charge in [-0.15, -0.1) is 0 Å². The predicted molar refractivity (Wildman–Crippen MR) is 81.1 cm³/mol. The summed E-state index contributed by atoms with van der Waals surface area (Å²) >= 11 is 0. The number of aliphatic hydroxyl groups is 1. The summed E-state index contributed by atoms with van der Waals surface area (Å²) in [5.41, 5.74) is 0. The topological polar surface area (TPSA) is 119 Å². The van der Waals surface area contributed by atoms with Crippen molar-refractivity contribution in [2.24, 2.45) is 0 Å². The van der Waals surface area contributed by atoms with Gasteiger partial charge >= 0.3 is 17.9 Å². The highest BCUT2D eigenvalue weighted by Gasteiger charge is 2.18. The number of carbonyl (C=O) groups excluding carboxylic acids is 3. The van der Waals surface area contributed by atoms with Crippen LogP contribution in [0.25, 0.3) is 0 Å². The molecule has 0 aromatic heterocycles. The molecule has 0 fully saturated rings. The molecule has 8 heteroatoms. The number of hydrogen-bond donors (Lipinski definition) is 2. The average Bonchev–Trinajstić information content (AvgIpc) is 2.53. The number of esters is 3. The van der Waals surface area contributed by atoms with E-state index in [9.17, 15) is 24.6 Å². The molecule has 0 aliphatic heterocycles. The Morgan fingerprint density at radius 2 is 1.83 bits per heavy atom. The van der Waals surface area contributed by atoms with E-state index in [1.807, 2.05) is 0 Å². The molecule has 1 atom stereocenters. The third kappa shape index (κ3) is 7.41. The van der Waals surface area contributed by atoms with E-state index in [1.54, 1.807) is 6.92 Å². The molecular formula is C16H18O8. The highest BCUT2D eigenvalue weighted by atomic mass is 16.6. The Morgan fingerprint density at radius 1 is 1.17 bits per heavy atom. The maximum absolute atomic E-state index is 11.6. The van der Waals surface area contributed by atoms with Gasteiger partial charge in [-0.2, -0.15) is 0 Å². The Labute approximate surface area is 138 Å². The van der Waals surface area contributed by atoms with Gasteiger partial charge in [0, 0.05) is 24.6 Å². The van der Waals surface area contributed by atoms with E-state index in [4.69, 9.17) is 9.47 Å². The van der Waals surface area contributed by atoms with Crippen molar-refractivity contribution in [2.75, 3.05) is 13.2 Å². The van der Waals surface area contributed by atoms with Crippen molar-refractivity contribution < 1.29 is 38.8 Å². The summed E-state index contributed by atoms with van der Waals surface area (Å²) in [7, 11) is 0. The normalized spacial score (nSPS) is 11.8. The molecule has 0 aliphatic carbocycles. The zero-order chi connectivity index (χ0) is 17.9. The summed E-state index contributed by atoms with van der Waals surface area (Å²) < 4.78 is 14.2. The molecule has 0 aliphatic rings. The average molecular weight is 338 g/mol. The van der Waals surface area contributed by atoms with Crippen LogP contribution in [-0.2, 0) is 23.9 Å². The van der Waals surface area contributed by atoms with Gasteiger partial charge < -0.3 is 24.4 Å². The fraction of sp³-hybridized carbons (Fsp3) is 0.312. The molecule has 24 heavy (non-hydrogen) atoms. The van der Waals surface area contributed by atoms with Crippen molar-refractivity contribution in [1.82, 2.24) is 0 Å². The quantitative estimate of drug-likeness (QED) is 0.404. The maximum atomic E-state index is 11.6. The van der Waals surface area contributed by atoms with Gasteiger partial charge in [0.25, 0.3) is 0 Å². The van der Waals surface area contributed by atoms with Gasteiger partial charge in [0.1, 0.15) is 11.5 Å². The molecule has 1 rings (SSSR count). The number of aromatic hydroxyl groups is 1. The van der Waals surface area contributed by atoms with Crippen LogP contribution >= 0.6 is 0 Å². The van der Waals surface area contributed by atoms with Gasteiger partial charge in [-0.1, -0.05) is 6.07 Å². The molecule has 0 radical (unpaired) electrons. The van der Waals surface area contributed by atoms with Crippen LogP contribution in [-0.4, -0.2) is 47.4 Å². The first-order valence-electron chi connectivity index (χ1n) is 7.12. The molecule has 0 heterocycles. The number of aliphatic hydroxyl groups excluding tert-OH is 1. The van der Waals surface area contributed by atoms with Gasteiger partial charge in [0.15, 0.2) is 6.10 Å². The summed E-state index contributed by atoms with van der Waals surface area (Å²) in [6.07, 6.45) is 0.110. The molecule has 0 amide bonds. The third-order valence-corrected chi connectivity index (χ3v) is 2.59. The van der Waals surface area contributed by atoms with Crippen LogP contribution in [0.3, 0.4) is 0 Å². The van der Waals surface area contributed by atoms with Gasteiger partial charge in [-0.05, 0) is 19.1 Å². The van der Waals surface area contributed by atoms with Crippen LogP contribution in [0.4, 0.5) is 0 Å². The molecule has 1 unspecified atom stereocenters. The van der Waals surface area contributed by atoms with Gasteiger partial charge in [-0.3, -0.25) is 0 Å². The first kappa shape index (κ1) is 19.2. The minimum Gasteiger partial charge on any atom is -0.508 e. The van der Waals surface area contributed by atoms with Gasteiger partial charge in [0.2, 0.25) is 0 Å². The standard InChI is InChI=1S/C16H18O8/c1-2-22-14(19)6-7-15(20)23-9-8-13(18)16(21)24-12-5-3-4-11(17)10-12/h3-7,10,13,17-18H,2,8-9H2,1H3/b7-6-. The molecule has 0 saturated heterocycles. The minimum atomic E-state index is -1.51. The zero-order valence-electron chi connectivity index (χ0n) is 13.0. The Hall–Kier alpha value is -2.87. The molecular weight excluding hydrogens is 320 g/mol. The molecule has 0 bridgehead atoms. The molecule has 130 valence electrons. The second kappa shape index (κ2) is 10.0. The third-order valence-electron chi connectivity index (χ3n) is 2.59. The molecule has 1 aromatic rings. The molecule has 2 N–H and O–H groups in total. The van der Waals surface area contributed by atoms with Crippen molar-refractivity contribution in [2.45, 2.75) is 19.4 Å². The highest BCUT2D eigenvalue weighted by Crippen LogP contribution is 2.18.